The first kappa shape index (κ1) is 15.4. The lowest BCUT2D eigenvalue weighted by Gasteiger charge is -2.08. The molecule has 0 N–H and O–H groups in total. The number of methoxy groups -OCH3 is 1. The highest BCUT2D eigenvalue weighted by Crippen LogP contribution is 2.30. The van der Waals surface area contributed by atoms with Crippen molar-refractivity contribution in [2.45, 2.75) is 11.8 Å². The molecular weight excluding hydrogens is 286 g/mol. The molecule has 0 spiro atoms. The SMILES string of the molecule is COC(=O)C1=C(C)N(C)C(=O)C1=Cc1ccc(SC)cc1. The van der Waals surface area contributed by atoms with E-state index in [4.69, 9.17) is 4.74 Å². The molecule has 5 heteroatoms. The van der Waals surface area contributed by atoms with Crippen LogP contribution < -0.4 is 0 Å². The number of benzene rings is 1. The van der Waals surface area contributed by atoms with E-state index < -0.39 is 5.97 Å². The Labute approximate surface area is 128 Å². The Morgan fingerprint density at radius 3 is 2.43 bits per heavy atom. The number of nitrogens with zero attached hydrogens (tertiary/aromatic N) is 1. The number of hydrogen-bond donors (Lipinski definition) is 0. The second kappa shape index (κ2) is 6.18. The predicted molar refractivity (Wildman–Crippen MR) is 83.7 cm³/mol. The summed E-state index contributed by atoms with van der Waals surface area (Å²) in [6.45, 7) is 1.74. The molecule has 0 atom stereocenters. The molecule has 2 rings (SSSR count). The molecule has 0 aromatic heterocycles. The monoisotopic (exact) mass is 303 g/mol. The zero-order valence-electron chi connectivity index (χ0n) is 12.5. The second-order valence-corrected chi connectivity index (χ2v) is 5.53. The number of amides is 1. The van der Waals surface area contributed by atoms with Crippen LogP contribution in [0.25, 0.3) is 6.08 Å². The normalized spacial score (nSPS) is 16.9. The standard InChI is InChI=1S/C16H17NO3S/c1-10-14(16(19)20-3)13(15(18)17(10)2)9-11-5-7-12(21-4)8-6-11/h5-9H,1-4H3. The Kier molecular flexibility index (Phi) is 4.53. The second-order valence-electron chi connectivity index (χ2n) is 4.65. The smallest absolute Gasteiger partial charge is 0.340 e. The van der Waals surface area contributed by atoms with Crippen molar-refractivity contribution in [1.29, 1.82) is 0 Å². The highest BCUT2D eigenvalue weighted by atomic mass is 32.2. The number of carbonyl (C=O) groups is 2. The first-order chi connectivity index (χ1) is 9.99. The van der Waals surface area contributed by atoms with E-state index in [0.29, 0.717) is 16.8 Å². The summed E-state index contributed by atoms with van der Waals surface area (Å²) in [6.07, 6.45) is 3.73. The van der Waals surface area contributed by atoms with Gasteiger partial charge in [0.05, 0.1) is 18.3 Å². The Morgan fingerprint density at radius 2 is 1.90 bits per heavy atom. The zero-order chi connectivity index (χ0) is 15.6. The van der Waals surface area contributed by atoms with Gasteiger partial charge in [-0.1, -0.05) is 12.1 Å². The summed E-state index contributed by atoms with van der Waals surface area (Å²) in [5.74, 6) is -0.681. The third kappa shape index (κ3) is 2.88. The van der Waals surface area contributed by atoms with Gasteiger partial charge in [-0.25, -0.2) is 4.79 Å². The molecule has 1 aromatic rings. The van der Waals surface area contributed by atoms with E-state index in [9.17, 15) is 9.59 Å². The number of allylic oxidation sites excluding steroid dienone is 1. The maximum atomic E-state index is 12.3. The van der Waals surface area contributed by atoms with Gasteiger partial charge >= 0.3 is 5.97 Å². The molecule has 1 aliphatic rings. The van der Waals surface area contributed by atoms with Crippen LogP contribution in [-0.4, -0.2) is 37.2 Å². The van der Waals surface area contributed by atoms with Gasteiger partial charge in [-0.2, -0.15) is 0 Å². The van der Waals surface area contributed by atoms with Gasteiger partial charge < -0.3 is 9.64 Å². The summed E-state index contributed by atoms with van der Waals surface area (Å²) in [7, 11) is 2.97. The largest absolute Gasteiger partial charge is 0.465 e. The Hall–Kier alpha value is -2.01. The molecule has 110 valence electrons. The maximum Gasteiger partial charge on any atom is 0.340 e. The molecule has 0 fully saturated rings. The lowest BCUT2D eigenvalue weighted by molar-refractivity contribution is -0.136. The van der Waals surface area contributed by atoms with Crippen molar-refractivity contribution in [2.24, 2.45) is 0 Å². The molecular formula is C16H17NO3S. The number of thioether (sulfide) groups is 1. The third-order valence-corrected chi connectivity index (χ3v) is 4.23. The summed E-state index contributed by atoms with van der Waals surface area (Å²) in [5.41, 5.74) is 2.19. The molecule has 21 heavy (non-hydrogen) atoms. The molecule has 1 aliphatic heterocycles. The summed E-state index contributed by atoms with van der Waals surface area (Å²) < 4.78 is 4.79. The van der Waals surface area contributed by atoms with Crippen molar-refractivity contribution < 1.29 is 14.3 Å². The van der Waals surface area contributed by atoms with Crippen molar-refractivity contribution in [2.75, 3.05) is 20.4 Å². The van der Waals surface area contributed by atoms with Gasteiger partial charge in [0.15, 0.2) is 0 Å². The summed E-state index contributed by atoms with van der Waals surface area (Å²) in [4.78, 5) is 26.8. The molecule has 0 unspecified atom stereocenters. The molecule has 0 aliphatic carbocycles. The fourth-order valence-electron chi connectivity index (χ4n) is 2.16. The minimum Gasteiger partial charge on any atom is -0.465 e. The molecule has 1 amide bonds. The third-order valence-electron chi connectivity index (χ3n) is 3.49. The van der Waals surface area contributed by atoms with Gasteiger partial charge in [0.2, 0.25) is 0 Å². The fourth-order valence-corrected chi connectivity index (χ4v) is 2.57. The Morgan fingerprint density at radius 1 is 1.29 bits per heavy atom. The predicted octanol–water partition coefficient (Wildman–Crippen LogP) is 2.71. The number of rotatable bonds is 3. The molecule has 4 nitrogen and oxygen atoms in total. The van der Waals surface area contributed by atoms with Crippen molar-refractivity contribution in [3.05, 3.63) is 46.7 Å². The average molecular weight is 303 g/mol. The first-order valence-corrected chi connectivity index (χ1v) is 7.65. The van der Waals surface area contributed by atoms with Crippen molar-refractivity contribution >= 4 is 29.7 Å². The van der Waals surface area contributed by atoms with Crippen LogP contribution in [0.3, 0.4) is 0 Å². The fraction of sp³-hybridized carbons (Fsp3) is 0.250. The van der Waals surface area contributed by atoms with E-state index >= 15 is 0 Å². The topological polar surface area (TPSA) is 46.6 Å². The van der Waals surface area contributed by atoms with Crippen LogP contribution in [0.5, 0.6) is 0 Å². The minimum absolute atomic E-state index is 0.193. The molecule has 1 aromatic carbocycles. The first-order valence-electron chi connectivity index (χ1n) is 6.43. The summed E-state index contributed by atoms with van der Waals surface area (Å²) >= 11 is 1.65. The minimum atomic E-state index is -0.489. The van der Waals surface area contributed by atoms with Crippen LogP contribution in [0.1, 0.15) is 12.5 Å². The van der Waals surface area contributed by atoms with E-state index in [1.165, 1.54) is 12.0 Å². The van der Waals surface area contributed by atoms with Crippen LogP contribution in [0.2, 0.25) is 0 Å². The molecule has 0 bridgehead atoms. The van der Waals surface area contributed by atoms with E-state index in [-0.39, 0.29) is 5.91 Å². The number of carbonyl (C=O) groups excluding carboxylic acids is 2. The highest BCUT2D eigenvalue weighted by molar-refractivity contribution is 7.98. The van der Waals surface area contributed by atoms with Gasteiger partial charge in [0.1, 0.15) is 0 Å². The van der Waals surface area contributed by atoms with Gasteiger partial charge in [-0.3, -0.25) is 4.79 Å². The maximum absolute atomic E-state index is 12.3. The van der Waals surface area contributed by atoms with Crippen LogP contribution in [0.15, 0.2) is 46.0 Å². The van der Waals surface area contributed by atoms with Crippen molar-refractivity contribution in [1.82, 2.24) is 4.90 Å². The van der Waals surface area contributed by atoms with Gasteiger partial charge in [-0.15, -0.1) is 11.8 Å². The van der Waals surface area contributed by atoms with Crippen LogP contribution >= 0.6 is 11.8 Å². The van der Waals surface area contributed by atoms with Crippen LogP contribution in [-0.2, 0) is 14.3 Å². The average Bonchev–Trinajstić information content (AvgIpc) is 2.72. The van der Waals surface area contributed by atoms with E-state index in [1.54, 1.807) is 31.8 Å². The molecule has 0 saturated carbocycles. The number of likely N-dealkylation sites (N-methyl/N-ethyl adjacent to an activating group) is 1. The van der Waals surface area contributed by atoms with Gasteiger partial charge in [0, 0.05) is 17.6 Å². The molecule has 1 heterocycles. The van der Waals surface area contributed by atoms with Gasteiger partial charge in [0.25, 0.3) is 5.91 Å². The quantitative estimate of drug-likeness (QED) is 0.489. The van der Waals surface area contributed by atoms with Crippen LogP contribution in [0, 0.1) is 0 Å². The van der Waals surface area contributed by atoms with Crippen molar-refractivity contribution in [3.63, 3.8) is 0 Å². The van der Waals surface area contributed by atoms with E-state index in [1.807, 2.05) is 30.5 Å². The lowest BCUT2D eigenvalue weighted by Crippen LogP contribution is -2.19. The summed E-state index contributed by atoms with van der Waals surface area (Å²) in [6, 6.07) is 7.81. The van der Waals surface area contributed by atoms with Crippen molar-refractivity contribution in [3.8, 4) is 0 Å². The highest BCUT2D eigenvalue weighted by Gasteiger charge is 2.34. The number of hydrogen-bond acceptors (Lipinski definition) is 4. The lowest BCUT2D eigenvalue weighted by atomic mass is 10.0. The molecule has 0 saturated heterocycles. The number of esters is 1. The van der Waals surface area contributed by atoms with E-state index in [2.05, 4.69) is 0 Å². The Balaban J connectivity index is 2.46. The summed E-state index contributed by atoms with van der Waals surface area (Å²) in [5, 5.41) is 0. The number of ether oxygens (including phenoxy) is 1. The van der Waals surface area contributed by atoms with Gasteiger partial charge in [-0.05, 0) is 37.0 Å². The Bertz CT molecular complexity index is 644. The zero-order valence-corrected chi connectivity index (χ0v) is 13.3. The van der Waals surface area contributed by atoms with E-state index in [0.717, 1.165) is 10.5 Å². The van der Waals surface area contributed by atoms with Crippen LogP contribution in [0.4, 0.5) is 0 Å². The molecule has 0 radical (unpaired) electrons.